The first-order chi connectivity index (χ1) is 9.47. The lowest BCUT2D eigenvalue weighted by Gasteiger charge is -2.24. The van der Waals surface area contributed by atoms with Crippen LogP contribution < -0.4 is 0 Å². The molecule has 0 nitrogen and oxygen atoms in total. The summed E-state index contributed by atoms with van der Waals surface area (Å²) in [6.45, 7) is 11.6. The Hall–Kier alpha value is -1.34. The summed E-state index contributed by atoms with van der Waals surface area (Å²) in [5.74, 6) is 1.14. The van der Waals surface area contributed by atoms with Crippen molar-refractivity contribution in [3.63, 3.8) is 0 Å². The Labute approximate surface area is 125 Å². The van der Waals surface area contributed by atoms with Crippen LogP contribution in [0.5, 0.6) is 0 Å². The maximum Gasteiger partial charge on any atom is 0.0771 e. The smallest absolute Gasteiger partial charge is 0.0771 e. The van der Waals surface area contributed by atoms with Gasteiger partial charge in [-0.1, -0.05) is 91.7 Å². The number of allylic oxidation sites excluding steroid dienone is 11. The van der Waals surface area contributed by atoms with Crippen LogP contribution in [0.15, 0.2) is 72.0 Å². The molecule has 0 saturated carbocycles. The molecule has 0 bridgehead atoms. The predicted molar refractivity (Wildman–Crippen MR) is 93.3 cm³/mol. The average Bonchev–Trinajstić information content (AvgIpc) is 3.05. The molecule has 0 aliphatic heterocycles. The van der Waals surface area contributed by atoms with E-state index in [1.165, 1.54) is 10.8 Å². The fourth-order valence-electron chi connectivity index (χ4n) is 2.59. The van der Waals surface area contributed by atoms with Gasteiger partial charge in [0, 0.05) is 0 Å². The molecule has 0 spiro atoms. The second-order valence-electron chi connectivity index (χ2n) is 6.77. The van der Waals surface area contributed by atoms with Crippen molar-refractivity contribution in [2.24, 2.45) is 11.8 Å². The van der Waals surface area contributed by atoms with Crippen molar-refractivity contribution >= 4 is 8.07 Å². The van der Waals surface area contributed by atoms with Gasteiger partial charge in [-0.15, -0.1) is 0 Å². The first-order valence-corrected chi connectivity index (χ1v) is 11.1. The van der Waals surface area contributed by atoms with Crippen LogP contribution in [0.1, 0.15) is 12.8 Å². The molecular weight excluding hydrogens is 256 g/mol. The Bertz CT molecular complexity index is 482. The fourth-order valence-corrected chi connectivity index (χ4v) is 3.76. The maximum atomic E-state index is 4.42. The highest BCUT2D eigenvalue weighted by Gasteiger charge is 2.22. The standard InChI is InChI=1S/C19H26Si/c1-16(20(2,3)4)19(15-18-11-7-8-12-18)14-13-17-9-5-6-10-17/h5-12,14,17-18H,1,13,15H2,2-4H3/b19-14-. The van der Waals surface area contributed by atoms with Crippen molar-refractivity contribution in [1.29, 1.82) is 0 Å². The Kier molecular flexibility index (Phi) is 4.82. The molecule has 2 aliphatic rings. The summed E-state index contributed by atoms with van der Waals surface area (Å²) >= 11 is 0. The van der Waals surface area contributed by atoms with Crippen LogP contribution in [0.2, 0.25) is 19.6 Å². The highest BCUT2D eigenvalue weighted by atomic mass is 28.3. The molecule has 0 radical (unpaired) electrons. The van der Waals surface area contributed by atoms with E-state index in [9.17, 15) is 0 Å². The van der Waals surface area contributed by atoms with Crippen molar-refractivity contribution in [2.45, 2.75) is 32.5 Å². The highest BCUT2D eigenvalue weighted by molar-refractivity contribution is 6.83. The molecule has 20 heavy (non-hydrogen) atoms. The summed E-state index contributed by atoms with van der Waals surface area (Å²) in [5.41, 5.74) is 1.49. The zero-order valence-electron chi connectivity index (χ0n) is 13.0. The Morgan fingerprint density at radius 2 is 1.45 bits per heavy atom. The SMILES string of the molecule is C=C(/C(=C\CC1C=CC=C1)CC1C=CC=C1)[Si](C)(C)C. The van der Waals surface area contributed by atoms with Crippen LogP contribution in [0, 0.1) is 11.8 Å². The minimum absolute atomic E-state index is 0.559. The lowest BCUT2D eigenvalue weighted by molar-refractivity contribution is 0.790. The monoisotopic (exact) mass is 282 g/mol. The molecular formula is C19H26Si. The van der Waals surface area contributed by atoms with Crippen LogP contribution in [0.25, 0.3) is 0 Å². The van der Waals surface area contributed by atoms with E-state index >= 15 is 0 Å². The third-order valence-electron chi connectivity index (χ3n) is 4.04. The van der Waals surface area contributed by atoms with Crippen LogP contribution in [0.3, 0.4) is 0 Å². The molecule has 0 heterocycles. The predicted octanol–water partition coefficient (Wildman–Crippen LogP) is 5.61. The molecule has 0 amide bonds. The van der Waals surface area contributed by atoms with Gasteiger partial charge in [-0.3, -0.25) is 0 Å². The second-order valence-corrected chi connectivity index (χ2v) is 11.9. The van der Waals surface area contributed by atoms with Gasteiger partial charge in [0.05, 0.1) is 8.07 Å². The highest BCUT2D eigenvalue weighted by Crippen LogP contribution is 2.30. The van der Waals surface area contributed by atoms with E-state index in [1.54, 1.807) is 0 Å². The quantitative estimate of drug-likeness (QED) is 0.439. The van der Waals surface area contributed by atoms with Crippen molar-refractivity contribution in [2.75, 3.05) is 0 Å². The largest absolute Gasteiger partial charge is 0.0996 e. The van der Waals surface area contributed by atoms with Crippen molar-refractivity contribution in [1.82, 2.24) is 0 Å². The normalized spacial score (nSPS) is 19.4. The van der Waals surface area contributed by atoms with E-state index in [4.69, 9.17) is 0 Å². The van der Waals surface area contributed by atoms with Gasteiger partial charge in [-0.05, 0) is 24.7 Å². The van der Waals surface area contributed by atoms with Gasteiger partial charge in [0.2, 0.25) is 0 Å². The molecule has 0 aromatic heterocycles. The summed E-state index contributed by atoms with van der Waals surface area (Å²) in [6, 6.07) is 0. The molecule has 2 aliphatic carbocycles. The van der Waals surface area contributed by atoms with Crippen LogP contribution in [0.4, 0.5) is 0 Å². The Balaban J connectivity index is 2.09. The molecule has 0 aromatic rings. The summed E-state index contributed by atoms with van der Waals surface area (Å²) < 4.78 is 0. The Morgan fingerprint density at radius 1 is 0.950 bits per heavy atom. The van der Waals surface area contributed by atoms with E-state index in [0.29, 0.717) is 11.8 Å². The van der Waals surface area contributed by atoms with Crippen molar-refractivity contribution in [3.8, 4) is 0 Å². The zero-order valence-corrected chi connectivity index (χ0v) is 14.0. The molecule has 0 saturated heterocycles. The van der Waals surface area contributed by atoms with Crippen LogP contribution >= 0.6 is 0 Å². The summed E-state index contributed by atoms with van der Waals surface area (Å²) in [4.78, 5) is 0. The Morgan fingerprint density at radius 3 is 1.95 bits per heavy atom. The first-order valence-electron chi connectivity index (χ1n) is 7.55. The zero-order chi connectivity index (χ0) is 14.6. The van der Waals surface area contributed by atoms with Gasteiger partial charge >= 0.3 is 0 Å². The molecule has 0 atom stereocenters. The maximum absolute atomic E-state index is 4.42. The molecule has 0 unspecified atom stereocenters. The second kappa shape index (κ2) is 6.40. The average molecular weight is 283 g/mol. The molecule has 2 rings (SSSR count). The van der Waals surface area contributed by atoms with E-state index < -0.39 is 8.07 Å². The summed E-state index contributed by atoms with van der Waals surface area (Å²) in [5, 5.41) is 1.41. The molecule has 0 N–H and O–H groups in total. The van der Waals surface area contributed by atoms with Crippen LogP contribution in [-0.4, -0.2) is 8.07 Å². The lowest BCUT2D eigenvalue weighted by Crippen LogP contribution is -2.25. The summed E-state index contributed by atoms with van der Waals surface area (Å²) in [7, 11) is -1.32. The van der Waals surface area contributed by atoms with E-state index in [2.05, 4.69) is 80.9 Å². The van der Waals surface area contributed by atoms with Gasteiger partial charge in [0.25, 0.3) is 0 Å². The number of hydrogen-bond donors (Lipinski definition) is 0. The third kappa shape index (κ3) is 4.07. The van der Waals surface area contributed by atoms with Crippen LogP contribution in [-0.2, 0) is 0 Å². The van der Waals surface area contributed by atoms with Gasteiger partial charge in [0.15, 0.2) is 0 Å². The minimum Gasteiger partial charge on any atom is -0.0996 e. The molecule has 0 fully saturated rings. The first kappa shape index (κ1) is 15.1. The third-order valence-corrected chi connectivity index (χ3v) is 6.17. The van der Waals surface area contributed by atoms with E-state index in [1.807, 2.05) is 0 Å². The van der Waals surface area contributed by atoms with Gasteiger partial charge < -0.3 is 0 Å². The van der Waals surface area contributed by atoms with Gasteiger partial charge in [0.1, 0.15) is 0 Å². The number of hydrogen-bond acceptors (Lipinski definition) is 0. The lowest BCUT2D eigenvalue weighted by atomic mass is 9.97. The minimum atomic E-state index is -1.32. The fraction of sp³-hybridized carbons (Fsp3) is 0.368. The van der Waals surface area contributed by atoms with Gasteiger partial charge in [-0.25, -0.2) is 0 Å². The van der Waals surface area contributed by atoms with E-state index in [-0.39, 0.29) is 0 Å². The van der Waals surface area contributed by atoms with Crippen molar-refractivity contribution in [3.05, 3.63) is 72.0 Å². The topological polar surface area (TPSA) is 0 Å². The summed E-state index contributed by atoms with van der Waals surface area (Å²) in [6.07, 6.45) is 22.4. The number of rotatable bonds is 6. The van der Waals surface area contributed by atoms with Gasteiger partial charge in [-0.2, -0.15) is 0 Å². The van der Waals surface area contributed by atoms with Crippen molar-refractivity contribution < 1.29 is 0 Å². The molecule has 1 heteroatoms. The molecule has 0 aromatic carbocycles. The van der Waals surface area contributed by atoms with E-state index in [0.717, 1.165) is 12.8 Å². The molecule has 106 valence electrons.